The van der Waals surface area contributed by atoms with Gasteiger partial charge in [-0.15, -0.1) is 0 Å². The van der Waals surface area contributed by atoms with Crippen molar-refractivity contribution in [3.63, 3.8) is 0 Å². The summed E-state index contributed by atoms with van der Waals surface area (Å²) in [4.78, 5) is 11.4. The van der Waals surface area contributed by atoms with Crippen LogP contribution in [0.3, 0.4) is 0 Å². The van der Waals surface area contributed by atoms with Gasteiger partial charge in [-0.1, -0.05) is 6.92 Å². The van der Waals surface area contributed by atoms with E-state index < -0.39 is 0 Å². The van der Waals surface area contributed by atoms with Gasteiger partial charge in [0.1, 0.15) is 6.10 Å². The molecule has 0 saturated carbocycles. The van der Waals surface area contributed by atoms with Crippen molar-refractivity contribution in [3.05, 3.63) is 0 Å². The second kappa shape index (κ2) is 10.9. The van der Waals surface area contributed by atoms with Crippen molar-refractivity contribution < 1.29 is 19.4 Å². The molecular formula is C16H33N3O4. The van der Waals surface area contributed by atoms with Crippen molar-refractivity contribution in [2.24, 2.45) is 5.41 Å². The normalized spacial score (nSPS) is 20.0. The van der Waals surface area contributed by atoms with E-state index in [4.69, 9.17) is 14.6 Å². The fourth-order valence-corrected chi connectivity index (χ4v) is 3.07. The Morgan fingerprint density at radius 3 is 2.65 bits per heavy atom. The summed E-state index contributed by atoms with van der Waals surface area (Å²) in [5.41, 5.74) is 6.34. The maximum atomic E-state index is 11.4. The summed E-state index contributed by atoms with van der Waals surface area (Å²) in [5, 5.41) is 12.1. The zero-order valence-corrected chi connectivity index (χ0v) is 14.7. The summed E-state index contributed by atoms with van der Waals surface area (Å²) >= 11 is 0. The minimum atomic E-state index is -0.255. The van der Waals surface area contributed by atoms with E-state index in [1.165, 1.54) is 6.92 Å². The van der Waals surface area contributed by atoms with Gasteiger partial charge in [-0.05, 0) is 38.0 Å². The highest BCUT2D eigenvalue weighted by molar-refractivity contribution is 5.66. The standard InChI is InChI=1S/C16H33N3O4/c1-4-18-19-13(2)15(23-14(3)21)5-6-16(11-17-12-20)7-9-22-10-8-16/h13,15,17-20H,4-12H2,1-3H3/t13-,15?/m0/s1. The number of ether oxygens (including phenoxy) is 2. The highest BCUT2D eigenvalue weighted by Crippen LogP contribution is 2.35. The van der Waals surface area contributed by atoms with Crippen molar-refractivity contribution in [3.8, 4) is 0 Å². The van der Waals surface area contributed by atoms with Crippen LogP contribution in [0.15, 0.2) is 0 Å². The monoisotopic (exact) mass is 331 g/mol. The van der Waals surface area contributed by atoms with Gasteiger partial charge in [0.05, 0.1) is 12.8 Å². The Balaban J connectivity index is 2.62. The predicted octanol–water partition coefficient (Wildman–Crippen LogP) is 0.537. The largest absolute Gasteiger partial charge is 0.461 e. The molecule has 0 aromatic heterocycles. The molecule has 7 nitrogen and oxygen atoms in total. The highest BCUT2D eigenvalue weighted by atomic mass is 16.5. The number of hydrogen-bond acceptors (Lipinski definition) is 7. The molecule has 0 radical (unpaired) electrons. The van der Waals surface area contributed by atoms with E-state index in [-0.39, 0.29) is 30.3 Å². The number of aliphatic hydroxyl groups excluding tert-OH is 1. The van der Waals surface area contributed by atoms with E-state index in [0.717, 1.165) is 52.0 Å². The number of esters is 1. The molecule has 1 rings (SSSR count). The van der Waals surface area contributed by atoms with Crippen LogP contribution in [0.1, 0.15) is 46.5 Å². The predicted molar refractivity (Wildman–Crippen MR) is 88.6 cm³/mol. The third kappa shape index (κ3) is 7.58. The molecule has 0 aromatic carbocycles. The summed E-state index contributed by atoms with van der Waals surface area (Å²) in [6.07, 6.45) is 3.45. The fraction of sp³-hybridized carbons (Fsp3) is 0.938. The van der Waals surface area contributed by atoms with Gasteiger partial charge in [0.25, 0.3) is 0 Å². The number of rotatable bonds is 11. The Hall–Kier alpha value is -0.730. The Kier molecular flexibility index (Phi) is 9.66. The van der Waals surface area contributed by atoms with Crippen LogP contribution in [-0.4, -0.2) is 56.3 Å². The van der Waals surface area contributed by atoms with Crippen molar-refractivity contribution in [1.29, 1.82) is 0 Å². The number of carbonyl (C=O) groups is 1. The molecule has 0 bridgehead atoms. The number of nitrogens with one attached hydrogen (secondary N) is 3. The molecule has 1 unspecified atom stereocenters. The van der Waals surface area contributed by atoms with Crippen LogP contribution in [0.2, 0.25) is 0 Å². The Bertz CT molecular complexity index is 335. The third-order valence-corrected chi connectivity index (χ3v) is 4.51. The molecule has 1 aliphatic rings. The van der Waals surface area contributed by atoms with E-state index in [2.05, 4.69) is 16.2 Å². The Morgan fingerprint density at radius 1 is 1.39 bits per heavy atom. The molecular weight excluding hydrogens is 298 g/mol. The summed E-state index contributed by atoms with van der Waals surface area (Å²) in [6, 6.07) is 0.0292. The lowest BCUT2D eigenvalue weighted by atomic mass is 9.75. The molecule has 2 atom stereocenters. The second-order valence-corrected chi connectivity index (χ2v) is 6.35. The van der Waals surface area contributed by atoms with Crippen LogP contribution in [0, 0.1) is 5.41 Å². The molecule has 136 valence electrons. The van der Waals surface area contributed by atoms with E-state index >= 15 is 0 Å². The highest BCUT2D eigenvalue weighted by Gasteiger charge is 2.34. The second-order valence-electron chi connectivity index (χ2n) is 6.35. The fourth-order valence-electron chi connectivity index (χ4n) is 3.07. The first-order chi connectivity index (χ1) is 11.0. The summed E-state index contributed by atoms with van der Waals surface area (Å²) in [5.74, 6) is -0.255. The molecule has 0 spiro atoms. The van der Waals surface area contributed by atoms with Crippen LogP contribution < -0.4 is 16.2 Å². The van der Waals surface area contributed by atoms with E-state index in [0.29, 0.717) is 0 Å². The zero-order chi connectivity index (χ0) is 17.1. The summed E-state index contributed by atoms with van der Waals surface area (Å²) < 4.78 is 11.0. The average Bonchev–Trinajstić information content (AvgIpc) is 2.55. The molecule has 0 aliphatic carbocycles. The quantitative estimate of drug-likeness (QED) is 0.249. The lowest BCUT2D eigenvalue weighted by Crippen LogP contribution is -2.48. The maximum absolute atomic E-state index is 11.4. The molecule has 7 heteroatoms. The maximum Gasteiger partial charge on any atom is 0.302 e. The first kappa shape index (κ1) is 20.3. The van der Waals surface area contributed by atoms with E-state index in [9.17, 15) is 4.79 Å². The zero-order valence-electron chi connectivity index (χ0n) is 14.7. The molecule has 1 aliphatic heterocycles. The lowest BCUT2D eigenvalue weighted by Gasteiger charge is -2.39. The van der Waals surface area contributed by atoms with Crippen LogP contribution in [0.25, 0.3) is 0 Å². The van der Waals surface area contributed by atoms with Gasteiger partial charge in [-0.2, -0.15) is 0 Å². The van der Waals surface area contributed by atoms with E-state index in [1.54, 1.807) is 0 Å². The van der Waals surface area contributed by atoms with Crippen LogP contribution in [-0.2, 0) is 14.3 Å². The minimum absolute atomic E-state index is 0.0195. The minimum Gasteiger partial charge on any atom is -0.461 e. The van der Waals surface area contributed by atoms with Crippen molar-refractivity contribution in [2.45, 2.75) is 58.6 Å². The summed E-state index contributed by atoms with van der Waals surface area (Å²) in [6.45, 7) is 8.51. The molecule has 0 amide bonds. The molecule has 4 N–H and O–H groups in total. The molecule has 23 heavy (non-hydrogen) atoms. The van der Waals surface area contributed by atoms with Crippen LogP contribution in [0.5, 0.6) is 0 Å². The van der Waals surface area contributed by atoms with Crippen molar-refractivity contribution >= 4 is 5.97 Å². The van der Waals surface area contributed by atoms with Gasteiger partial charge >= 0.3 is 5.97 Å². The van der Waals surface area contributed by atoms with Gasteiger partial charge in [-0.25, -0.2) is 0 Å². The SMILES string of the molecule is CCNN[C@@H](C)C(CCC1(CNCO)CCOCC1)OC(C)=O. The number of hydrazine groups is 1. The Labute approximate surface area is 139 Å². The lowest BCUT2D eigenvalue weighted by molar-refractivity contribution is -0.148. The van der Waals surface area contributed by atoms with Crippen LogP contribution >= 0.6 is 0 Å². The number of hydrogen-bond donors (Lipinski definition) is 4. The first-order valence-electron chi connectivity index (χ1n) is 8.58. The smallest absolute Gasteiger partial charge is 0.302 e. The van der Waals surface area contributed by atoms with Crippen molar-refractivity contribution in [2.75, 3.05) is 33.0 Å². The average molecular weight is 331 g/mol. The van der Waals surface area contributed by atoms with Gasteiger partial charge < -0.3 is 14.6 Å². The van der Waals surface area contributed by atoms with Gasteiger partial charge in [0.2, 0.25) is 0 Å². The van der Waals surface area contributed by atoms with E-state index in [1.807, 2.05) is 13.8 Å². The van der Waals surface area contributed by atoms with Gasteiger partial charge in [0, 0.05) is 33.2 Å². The van der Waals surface area contributed by atoms with Gasteiger partial charge in [-0.3, -0.25) is 21.0 Å². The Morgan fingerprint density at radius 2 is 2.09 bits per heavy atom. The molecule has 1 saturated heterocycles. The van der Waals surface area contributed by atoms with Crippen LogP contribution in [0.4, 0.5) is 0 Å². The van der Waals surface area contributed by atoms with Gasteiger partial charge in [0.15, 0.2) is 0 Å². The number of carbonyl (C=O) groups excluding carboxylic acids is 1. The topological polar surface area (TPSA) is 91.8 Å². The first-order valence-corrected chi connectivity index (χ1v) is 8.58. The number of aliphatic hydroxyl groups is 1. The third-order valence-electron chi connectivity index (χ3n) is 4.51. The molecule has 0 aromatic rings. The summed E-state index contributed by atoms with van der Waals surface area (Å²) in [7, 11) is 0. The molecule has 1 heterocycles. The van der Waals surface area contributed by atoms with Crippen molar-refractivity contribution in [1.82, 2.24) is 16.2 Å². The molecule has 1 fully saturated rings.